The Balaban J connectivity index is 2.10. The summed E-state index contributed by atoms with van der Waals surface area (Å²) in [5.41, 5.74) is 0.646. The van der Waals surface area contributed by atoms with Gasteiger partial charge in [0.25, 0.3) is 5.91 Å². The van der Waals surface area contributed by atoms with E-state index in [-0.39, 0.29) is 17.0 Å². The van der Waals surface area contributed by atoms with E-state index >= 15 is 0 Å². The van der Waals surface area contributed by atoms with Crippen LogP contribution in [0.25, 0.3) is 0 Å². The lowest BCUT2D eigenvalue weighted by Gasteiger charge is -2.15. The van der Waals surface area contributed by atoms with Gasteiger partial charge in [0.2, 0.25) is 10.0 Å². The molecule has 0 radical (unpaired) electrons. The van der Waals surface area contributed by atoms with Gasteiger partial charge in [-0.3, -0.25) is 4.79 Å². The van der Waals surface area contributed by atoms with Crippen molar-refractivity contribution in [3.63, 3.8) is 0 Å². The first-order chi connectivity index (χ1) is 12.2. The fourth-order valence-electron chi connectivity index (χ4n) is 2.18. The molecule has 0 aliphatic heterocycles. The number of hydrogen-bond acceptors (Lipinski definition) is 3. The van der Waals surface area contributed by atoms with Crippen LogP contribution in [0.5, 0.6) is 0 Å². The molecular weight excluding hydrogens is 362 g/mol. The predicted molar refractivity (Wildman–Crippen MR) is 94.1 cm³/mol. The van der Waals surface area contributed by atoms with E-state index in [2.05, 4.69) is 16.6 Å². The third-order valence-electron chi connectivity index (χ3n) is 3.64. The molecule has 0 unspecified atom stereocenters. The van der Waals surface area contributed by atoms with E-state index in [9.17, 15) is 22.0 Å². The molecule has 0 saturated heterocycles. The molecule has 0 bridgehead atoms. The average Bonchev–Trinajstić information content (AvgIpc) is 2.62. The molecule has 2 aromatic carbocycles. The molecule has 1 amide bonds. The van der Waals surface area contributed by atoms with Gasteiger partial charge >= 0.3 is 0 Å². The Labute approximate surface area is 150 Å². The van der Waals surface area contributed by atoms with Crippen LogP contribution >= 0.6 is 0 Å². The summed E-state index contributed by atoms with van der Waals surface area (Å²) in [6.45, 7) is 5.15. The van der Waals surface area contributed by atoms with Crippen LogP contribution in [0.2, 0.25) is 0 Å². The summed E-state index contributed by atoms with van der Waals surface area (Å²) in [5, 5.41) is 2.65. The Morgan fingerprint density at radius 2 is 1.81 bits per heavy atom. The number of amides is 1. The topological polar surface area (TPSA) is 75.3 Å². The van der Waals surface area contributed by atoms with Crippen LogP contribution in [0.1, 0.15) is 28.9 Å². The number of carbonyl (C=O) groups is 1. The first-order valence-corrected chi connectivity index (χ1v) is 9.19. The lowest BCUT2D eigenvalue weighted by atomic mass is 10.1. The van der Waals surface area contributed by atoms with Gasteiger partial charge in [-0.05, 0) is 48.9 Å². The Hall–Kier alpha value is -2.58. The third-order valence-corrected chi connectivity index (χ3v) is 5.08. The molecule has 0 fully saturated rings. The van der Waals surface area contributed by atoms with Crippen LogP contribution in [0.15, 0.2) is 60.0 Å². The van der Waals surface area contributed by atoms with Gasteiger partial charge in [0.15, 0.2) is 11.6 Å². The van der Waals surface area contributed by atoms with Crippen LogP contribution in [0.3, 0.4) is 0 Å². The molecule has 8 heteroatoms. The first-order valence-electron chi connectivity index (χ1n) is 7.71. The Morgan fingerprint density at radius 1 is 1.15 bits per heavy atom. The zero-order valence-corrected chi connectivity index (χ0v) is 14.8. The standard InChI is InChI=1S/C18H18F2N2O3S/c1-3-10-21-26(24,25)15-7-4-13(5-8-15)18(23)22-12(2)14-6-9-16(19)17(20)11-14/h3-9,11-12,21H,1,10H2,2H3,(H,22,23)/t12-/m0/s1. The van der Waals surface area contributed by atoms with E-state index in [1.807, 2.05) is 0 Å². The van der Waals surface area contributed by atoms with Crippen LogP contribution in [0.4, 0.5) is 8.78 Å². The lowest BCUT2D eigenvalue weighted by molar-refractivity contribution is 0.0939. The van der Waals surface area contributed by atoms with E-state index in [1.54, 1.807) is 6.92 Å². The maximum Gasteiger partial charge on any atom is 0.251 e. The summed E-state index contributed by atoms with van der Waals surface area (Å²) < 4.78 is 52.5. The summed E-state index contributed by atoms with van der Waals surface area (Å²) in [4.78, 5) is 12.3. The minimum Gasteiger partial charge on any atom is -0.346 e. The number of carbonyl (C=O) groups excluding carboxylic acids is 1. The van der Waals surface area contributed by atoms with E-state index < -0.39 is 33.6 Å². The van der Waals surface area contributed by atoms with Gasteiger partial charge in [-0.2, -0.15) is 0 Å². The number of hydrogen-bond donors (Lipinski definition) is 2. The fraction of sp³-hybridized carbons (Fsp3) is 0.167. The highest BCUT2D eigenvalue weighted by Crippen LogP contribution is 2.17. The van der Waals surface area contributed by atoms with Crippen molar-refractivity contribution in [2.75, 3.05) is 6.54 Å². The van der Waals surface area contributed by atoms with Crippen molar-refractivity contribution in [2.45, 2.75) is 17.9 Å². The Kier molecular flexibility index (Phi) is 6.23. The number of sulfonamides is 1. The maximum absolute atomic E-state index is 13.3. The molecule has 2 N–H and O–H groups in total. The smallest absolute Gasteiger partial charge is 0.251 e. The van der Waals surface area contributed by atoms with Gasteiger partial charge < -0.3 is 5.32 Å². The summed E-state index contributed by atoms with van der Waals surface area (Å²) in [7, 11) is -3.67. The van der Waals surface area contributed by atoms with E-state index in [1.165, 1.54) is 36.4 Å². The molecule has 0 heterocycles. The highest BCUT2D eigenvalue weighted by atomic mass is 32.2. The third kappa shape index (κ3) is 4.74. The van der Waals surface area contributed by atoms with Crippen molar-refractivity contribution in [3.05, 3.63) is 77.9 Å². The minimum atomic E-state index is -3.67. The molecule has 2 rings (SSSR count). The summed E-state index contributed by atoms with van der Waals surface area (Å²) in [6, 6.07) is 8.18. The van der Waals surface area contributed by atoms with Crippen molar-refractivity contribution in [2.24, 2.45) is 0 Å². The molecule has 0 saturated carbocycles. The molecule has 1 atom stereocenters. The minimum absolute atomic E-state index is 0.0181. The van der Waals surface area contributed by atoms with Crippen molar-refractivity contribution in [3.8, 4) is 0 Å². The molecule has 0 aliphatic rings. The average molecular weight is 380 g/mol. The number of rotatable bonds is 7. The number of benzene rings is 2. The normalized spacial score (nSPS) is 12.4. The maximum atomic E-state index is 13.3. The SMILES string of the molecule is C=CCNS(=O)(=O)c1ccc(C(=O)N[C@@H](C)c2ccc(F)c(F)c2)cc1. The predicted octanol–water partition coefficient (Wildman–Crippen LogP) is 2.92. The van der Waals surface area contributed by atoms with Crippen LogP contribution < -0.4 is 10.0 Å². The highest BCUT2D eigenvalue weighted by molar-refractivity contribution is 7.89. The van der Waals surface area contributed by atoms with Gasteiger partial charge in [0.05, 0.1) is 10.9 Å². The van der Waals surface area contributed by atoms with Crippen LogP contribution in [-0.4, -0.2) is 20.9 Å². The summed E-state index contributed by atoms with van der Waals surface area (Å²) >= 11 is 0. The second kappa shape index (κ2) is 8.20. The molecule has 26 heavy (non-hydrogen) atoms. The second-order valence-electron chi connectivity index (χ2n) is 5.53. The molecular formula is C18H18F2N2O3S. The Morgan fingerprint density at radius 3 is 2.38 bits per heavy atom. The molecule has 2 aromatic rings. The Bertz CT molecular complexity index is 913. The molecule has 0 aromatic heterocycles. The van der Waals surface area contributed by atoms with E-state index in [4.69, 9.17) is 0 Å². The molecule has 0 aliphatic carbocycles. The van der Waals surface area contributed by atoms with Crippen molar-refractivity contribution in [1.29, 1.82) is 0 Å². The number of nitrogens with one attached hydrogen (secondary N) is 2. The highest BCUT2D eigenvalue weighted by Gasteiger charge is 2.16. The van der Waals surface area contributed by atoms with Gasteiger partial charge in [-0.1, -0.05) is 12.1 Å². The summed E-state index contributed by atoms with van der Waals surface area (Å²) in [5.74, 6) is -2.43. The molecule has 0 spiro atoms. The zero-order valence-electron chi connectivity index (χ0n) is 14.0. The second-order valence-corrected chi connectivity index (χ2v) is 7.30. The van der Waals surface area contributed by atoms with Gasteiger partial charge in [0, 0.05) is 12.1 Å². The van der Waals surface area contributed by atoms with Gasteiger partial charge in [0.1, 0.15) is 0 Å². The van der Waals surface area contributed by atoms with Crippen molar-refractivity contribution >= 4 is 15.9 Å². The zero-order chi connectivity index (χ0) is 19.3. The quantitative estimate of drug-likeness (QED) is 0.726. The largest absolute Gasteiger partial charge is 0.346 e. The first kappa shape index (κ1) is 19.7. The summed E-state index contributed by atoms with van der Waals surface area (Å²) in [6.07, 6.45) is 1.42. The van der Waals surface area contributed by atoms with Gasteiger partial charge in [-0.25, -0.2) is 21.9 Å². The van der Waals surface area contributed by atoms with Crippen LogP contribution in [0, 0.1) is 11.6 Å². The van der Waals surface area contributed by atoms with Crippen molar-refractivity contribution in [1.82, 2.24) is 10.0 Å². The lowest BCUT2D eigenvalue weighted by Crippen LogP contribution is -2.27. The van der Waals surface area contributed by atoms with Gasteiger partial charge in [-0.15, -0.1) is 6.58 Å². The molecule has 5 nitrogen and oxygen atoms in total. The number of halogens is 2. The van der Waals surface area contributed by atoms with Crippen LogP contribution in [-0.2, 0) is 10.0 Å². The monoisotopic (exact) mass is 380 g/mol. The van der Waals surface area contributed by atoms with Crippen molar-refractivity contribution < 1.29 is 22.0 Å². The van der Waals surface area contributed by atoms with E-state index in [0.29, 0.717) is 5.56 Å². The van der Waals surface area contributed by atoms with E-state index in [0.717, 1.165) is 12.1 Å². The fourth-order valence-corrected chi connectivity index (χ4v) is 3.18. The molecule has 138 valence electrons.